The van der Waals surface area contributed by atoms with Gasteiger partial charge in [-0.2, -0.15) is 0 Å². The van der Waals surface area contributed by atoms with Gasteiger partial charge in [-0.25, -0.2) is 5.84 Å². The standard InChI is InChI=1S/C10H16N4O2/c1-14-5-3-8(7-9(14)15)10(13-11)12-4-6-16-2/h3,5,7H,4,6,11H2,1-2H3,(H,12,13). The highest BCUT2D eigenvalue weighted by Gasteiger charge is 2.02. The molecule has 6 nitrogen and oxygen atoms in total. The highest BCUT2D eigenvalue weighted by Crippen LogP contribution is 1.95. The second-order valence-electron chi connectivity index (χ2n) is 3.23. The third-order valence-electron chi connectivity index (χ3n) is 2.08. The quantitative estimate of drug-likeness (QED) is 0.232. The molecule has 1 heterocycles. The van der Waals surface area contributed by atoms with Crippen LogP contribution in [0.4, 0.5) is 0 Å². The summed E-state index contributed by atoms with van der Waals surface area (Å²) in [6.45, 7) is 1.00. The molecule has 0 fully saturated rings. The summed E-state index contributed by atoms with van der Waals surface area (Å²) < 4.78 is 6.35. The van der Waals surface area contributed by atoms with Gasteiger partial charge in [-0.15, -0.1) is 0 Å². The Morgan fingerprint density at radius 1 is 1.69 bits per heavy atom. The van der Waals surface area contributed by atoms with Crippen molar-refractivity contribution < 1.29 is 4.74 Å². The zero-order valence-electron chi connectivity index (χ0n) is 9.43. The Bertz CT molecular complexity index is 425. The molecule has 0 radical (unpaired) electrons. The van der Waals surface area contributed by atoms with Crippen LogP contribution in [0.5, 0.6) is 0 Å². The maximum atomic E-state index is 11.4. The van der Waals surface area contributed by atoms with Crippen molar-refractivity contribution >= 4 is 5.84 Å². The van der Waals surface area contributed by atoms with E-state index in [9.17, 15) is 4.79 Å². The number of hydrazine groups is 1. The summed E-state index contributed by atoms with van der Waals surface area (Å²) in [5.41, 5.74) is 3.03. The lowest BCUT2D eigenvalue weighted by atomic mass is 10.2. The molecule has 0 unspecified atom stereocenters. The van der Waals surface area contributed by atoms with Crippen LogP contribution in [-0.4, -0.2) is 30.7 Å². The van der Waals surface area contributed by atoms with Crippen LogP contribution in [0, 0.1) is 0 Å². The molecule has 16 heavy (non-hydrogen) atoms. The van der Waals surface area contributed by atoms with E-state index in [2.05, 4.69) is 10.4 Å². The molecule has 0 aromatic carbocycles. The fourth-order valence-corrected chi connectivity index (χ4v) is 1.16. The van der Waals surface area contributed by atoms with Gasteiger partial charge in [0.2, 0.25) is 0 Å². The minimum absolute atomic E-state index is 0.104. The molecule has 6 heteroatoms. The lowest BCUT2D eigenvalue weighted by molar-refractivity contribution is 0.208. The highest BCUT2D eigenvalue weighted by atomic mass is 16.5. The predicted octanol–water partition coefficient (Wildman–Crippen LogP) is -0.758. The van der Waals surface area contributed by atoms with Gasteiger partial charge in [-0.1, -0.05) is 0 Å². The van der Waals surface area contributed by atoms with Crippen molar-refractivity contribution in [3.8, 4) is 0 Å². The molecule has 3 N–H and O–H groups in total. The monoisotopic (exact) mass is 224 g/mol. The van der Waals surface area contributed by atoms with Crippen LogP contribution >= 0.6 is 0 Å². The molecule has 0 atom stereocenters. The average molecular weight is 224 g/mol. The summed E-state index contributed by atoms with van der Waals surface area (Å²) >= 11 is 0. The summed E-state index contributed by atoms with van der Waals surface area (Å²) in [6.07, 6.45) is 1.67. The normalized spacial score (nSPS) is 11.6. The molecular formula is C10H16N4O2. The van der Waals surface area contributed by atoms with Crippen molar-refractivity contribution in [2.75, 3.05) is 20.3 Å². The Labute approximate surface area is 93.7 Å². The summed E-state index contributed by atoms with van der Waals surface area (Å²) in [6, 6.07) is 3.25. The number of methoxy groups -OCH3 is 1. The van der Waals surface area contributed by atoms with Gasteiger partial charge in [0.05, 0.1) is 13.2 Å². The van der Waals surface area contributed by atoms with E-state index in [4.69, 9.17) is 10.6 Å². The van der Waals surface area contributed by atoms with Crippen molar-refractivity contribution in [1.82, 2.24) is 9.99 Å². The van der Waals surface area contributed by atoms with Gasteiger partial charge in [0, 0.05) is 32.0 Å². The first-order valence-corrected chi connectivity index (χ1v) is 4.86. The molecule has 0 amide bonds. The number of nitrogens with two attached hydrogens (primary N) is 1. The van der Waals surface area contributed by atoms with Crippen molar-refractivity contribution in [3.05, 3.63) is 34.2 Å². The number of nitrogens with zero attached hydrogens (tertiary/aromatic N) is 2. The van der Waals surface area contributed by atoms with E-state index in [0.29, 0.717) is 24.6 Å². The first kappa shape index (κ1) is 12.4. The molecule has 0 aliphatic rings. The van der Waals surface area contributed by atoms with Crippen LogP contribution < -0.4 is 16.8 Å². The second kappa shape index (κ2) is 6.04. The number of nitrogens with one attached hydrogen (secondary N) is 1. The number of aromatic nitrogens is 1. The maximum absolute atomic E-state index is 11.4. The van der Waals surface area contributed by atoms with Gasteiger partial charge in [0.15, 0.2) is 0 Å². The topological polar surface area (TPSA) is 81.6 Å². The molecule has 1 aromatic heterocycles. The van der Waals surface area contributed by atoms with E-state index in [1.165, 1.54) is 10.6 Å². The predicted molar refractivity (Wildman–Crippen MR) is 62.3 cm³/mol. The Morgan fingerprint density at radius 2 is 2.44 bits per heavy atom. The molecule has 0 aliphatic heterocycles. The number of hydrogen-bond acceptors (Lipinski definition) is 4. The Kier molecular flexibility index (Phi) is 4.68. The summed E-state index contributed by atoms with van der Waals surface area (Å²) in [4.78, 5) is 15.6. The Balaban J connectivity index is 2.91. The highest BCUT2D eigenvalue weighted by molar-refractivity contribution is 5.98. The first-order chi connectivity index (χ1) is 7.69. The van der Waals surface area contributed by atoms with Crippen LogP contribution in [-0.2, 0) is 11.8 Å². The van der Waals surface area contributed by atoms with E-state index in [-0.39, 0.29) is 5.56 Å². The van der Waals surface area contributed by atoms with E-state index in [1.807, 2.05) is 0 Å². The van der Waals surface area contributed by atoms with Crippen LogP contribution in [0.1, 0.15) is 5.56 Å². The SMILES string of the molecule is COCCN=C(NN)c1ccn(C)c(=O)c1. The van der Waals surface area contributed by atoms with Crippen molar-refractivity contribution in [2.45, 2.75) is 0 Å². The molecule has 88 valence electrons. The molecule has 0 spiro atoms. The average Bonchev–Trinajstić information content (AvgIpc) is 2.29. The number of hydrogen-bond donors (Lipinski definition) is 2. The fraction of sp³-hybridized carbons (Fsp3) is 0.400. The van der Waals surface area contributed by atoms with Crippen LogP contribution in [0.3, 0.4) is 0 Å². The fourth-order valence-electron chi connectivity index (χ4n) is 1.16. The Hall–Kier alpha value is -1.66. The van der Waals surface area contributed by atoms with E-state index in [0.717, 1.165) is 0 Å². The number of aliphatic imine (C=N–C) groups is 1. The van der Waals surface area contributed by atoms with Crippen molar-refractivity contribution in [1.29, 1.82) is 0 Å². The zero-order chi connectivity index (χ0) is 12.0. The summed E-state index contributed by atoms with van der Waals surface area (Å²) in [5.74, 6) is 5.83. The third kappa shape index (κ3) is 3.18. The number of rotatable bonds is 4. The van der Waals surface area contributed by atoms with E-state index in [1.54, 1.807) is 26.4 Å². The number of pyridine rings is 1. The maximum Gasteiger partial charge on any atom is 0.250 e. The van der Waals surface area contributed by atoms with Gasteiger partial charge in [0.1, 0.15) is 5.84 Å². The lowest BCUT2D eigenvalue weighted by Crippen LogP contribution is -2.33. The Morgan fingerprint density at radius 3 is 3.00 bits per heavy atom. The molecule has 0 aliphatic carbocycles. The molecule has 0 bridgehead atoms. The van der Waals surface area contributed by atoms with Gasteiger partial charge < -0.3 is 14.7 Å². The van der Waals surface area contributed by atoms with Crippen molar-refractivity contribution in [2.24, 2.45) is 17.9 Å². The van der Waals surface area contributed by atoms with E-state index < -0.39 is 0 Å². The molecule has 1 aromatic rings. The van der Waals surface area contributed by atoms with Crippen LogP contribution in [0.25, 0.3) is 0 Å². The molecule has 0 saturated heterocycles. The molecule has 0 saturated carbocycles. The zero-order valence-corrected chi connectivity index (χ0v) is 9.43. The number of aryl methyl sites for hydroxylation is 1. The van der Waals surface area contributed by atoms with E-state index >= 15 is 0 Å². The smallest absolute Gasteiger partial charge is 0.250 e. The summed E-state index contributed by atoms with van der Waals surface area (Å²) in [7, 11) is 3.28. The van der Waals surface area contributed by atoms with Crippen LogP contribution in [0.15, 0.2) is 28.1 Å². The second-order valence-corrected chi connectivity index (χ2v) is 3.23. The third-order valence-corrected chi connectivity index (χ3v) is 2.08. The number of ether oxygens (including phenoxy) is 1. The molecule has 1 rings (SSSR count). The molecular weight excluding hydrogens is 208 g/mol. The van der Waals surface area contributed by atoms with Crippen molar-refractivity contribution in [3.63, 3.8) is 0 Å². The van der Waals surface area contributed by atoms with Gasteiger partial charge >= 0.3 is 0 Å². The van der Waals surface area contributed by atoms with Gasteiger partial charge in [-0.3, -0.25) is 9.79 Å². The van der Waals surface area contributed by atoms with Crippen LogP contribution in [0.2, 0.25) is 0 Å². The number of amidine groups is 1. The van der Waals surface area contributed by atoms with Gasteiger partial charge in [-0.05, 0) is 6.07 Å². The first-order valence-electron chi connectivity index (χ1n) is 4.86. The minimum Gasteiger partial charge on any atom is -0.383 e. The van der Waals surface area contributed by atoms with Gasteiger partial charge in [0.25, 0.3) is 5.56 Å². The lowest BCUT2D eigenvalue weighted by Gasteiger charge is -2.06. The minimum atomic E-state index is -0.104. The summed E-state index contributed by atoms with van der Waals surface area (Å²) in [5, 5.41) is 0. The largest absolute Gasteiger partial charge is 0.383 e.